The van der Waals surface area contributed by atoms with Gasteiger partial charge in [-0.3, -0.25) is 0 Å². The average molecular weight is 1240 g/mol. The molecule has 16 heteroatoms. The molecule has 1 atom stereocenters. The van der Waals surface area contributed by atoms with Crippen LogP contribution in [0.3, 0.4) is 0 Å². The van der Waals surface area contributed by atoms with Gasteiger partial charge < -0.3 is 4.57 Å². The van der Waals surface area contributed by atoms with Crippen LogP contribution in [-0.2, 0) is 13.1 Å². The van der Waals surface area contributed by atoms with Crippen molar-refractivity contribution >= 4 is 108 Å². The standard InChI is InChI=1S/C14H30S2.C13H28S2.C12H26S2.C11H20N2S2.C9H18N4S2/c1-12(2)10-8-7-9-11-14(5,6)16-15-13(3)4;1-11(2)9-7-6-8-10-13(5)15-14-12(3)4;1-11(2)9-7-5-6-8-10-13-14-12(3)4;1-9(2)5-7-13-8-6-12-11(13)15-14-10(3)4;1-7(2)5-6-13-9(10-11-12-13)15-14-8(3)4/h12-13H,7-11H2,1-6H3;11-13H,6-10H2,1-5H3;11-12H,5-10H2,1-4H3;6,8-10H,5,7H2,1-4H3;7-8H,5-6H2,1-4H3. The van der Waals surface area contributed by atoms with E-state index in [-0.39, 0.29) is 0 Å². The fourth-order valence-electron chi connectivity index (χ4n) is 6.22. The number of nitrogens with zero attached hydrogens (tertiary/aromatic N) is 6. The van der Waals surface area contributed by atoms with Crippen molar-refractivity contribution in [2.45, 2.75) is 328 Å². The van der Waals surface area contributed by atoms with Crippen LogP contribution in [0.2, 0.25) is 0 Å². The number of rotatable bonds is 39. The van der Waals surface area contributed by atoms with E-state index in [0.29, 0.717) is 21.2 Å². The third-order valence-corrected chi connectivity index (χ3v) is 26.7. The number of unbranched alkanes of at least 4 members (excludes halogenated alkanes) is 7. The van der Waals surface area contributed by atoms with Crippen molar-refractivity contribution < 1.29 is 0 Å². The van der Waals surface area contributed by atoms with E-state index in [9.17, 15) is 0 Å². The summed E-state index contributed by atoms with van der Waals surface area (Å²) in [6.07, 6.45) is 27.4. The summed E-state index contributed by atoms with van der Waals surface area (Å²) in [5.74, 6) is 5.42. The van der Waals surface area contributed by atoms with E-state index in [4.69, 9.17) is 0 Å². The Hall–Kier alpha value is 1.78. The molecule has 0 aromatic carbocycles. The van der Waals surface area contributed by atoms with Crippen molar-refractivity contribution in [1.29, 1.82) is 0 Å². The number of hydrogen-bond donors (Lipinski definition) is 0. The molecule has 2 heterocycles. The Labute approximate surface area is 508 Å². The lowest BCUT2D eigenvalue weighted by Crippen LogP contribution is -2.13. The summed E-state index contributed by atoms with van der Waals surface area (Å²) in [4.78, 5) is 4.37. The van der Waals surface area contributed by atoms with Gasteiger partial charge in [-0.1, -0.05) is 309 Å². The van der Waals surface area contributed by atoms with Gasteiger partial charge in [0.05, 0.1) is 0 Å². The van der Waals surface area contributed by atoms with Gasteiger partial charge in [0.15, 0.2) is 5.16 Å². The van der Waals surface area contributed by atoms with E-state index in [1.165, 1.54) is 108 Å². The Morgan fingerprint density at radius 3 is 1.37 bits per heavy atom. The summed E-state index contributed by atoms with van der Waals surface area (Å²) in [7, 11) is 19.3. The average Bonchev–Trinajstić information content (AvgIpc) is 3.97. The number of imidazole rings is 1. The molecule has 1 unspecified atom stereocenters. The monoisotopic (exact) mass is 1230 g/mol. The fraction of sp³-hybridized carbons (Fsp3) is 0.932. The lowest BCUT2D eigenvalue weighted by molar-refractivity contribution is 0.457. The number of aromatic nitrogens is 6. The molecule has 0 aliphatic heterocycles. The van der Waals surface area contributed by atoms with E-state index in [1.807, 2.05) is 64.8 Å². The van der Waals surface area contributed by atoms with E-state index in [2.05, 4.69) is 212 Å². The molecule has 0 saturated carbocycles. The predicted octanol–water partition coefficient (Wildman–Crippen LogP) is 24.3. The van der Waals surface area contributed by atoms with E-state index >= 15 is 0 Å². The van der Waals surface area contributed by atoms with Gasteiger partial charge in [-0.05, 0) is 108 Å². The second-order valence-corrected chi connectivity index (χ2v) is 39.4. The fourth-order valence-corrected chi connectivity index (χ4v) is 16.5. The minimum atomic E-state index is 0.451. The van der Waals surface area contributed by atoms with Crippen LogP contribution in [0.1, 0.15) is 268 Å². The first-order chi connectivity index (χ1) is 35.2. The molecular weight excluding hydrogens is 1110 g/mol. The first-order valence-corrected chi connectivity index (χ1v) is 40.8. The van der Waals surface area contributed by atoms with Gasteiger partial charge in [-0.2, -0.15) is 0 Å². The molecule has 0 radical (unpaired) electrons. The van der Waals surface area contributed by atoms with Gasteiger partial charge in [-0.15, -0.1) is 5.10 Å². The zero-order chi connectivity index (χ0) is 57.6. The molecule has 0 N–H and O–H groups in total. The van der Waals surface area contributed by atoms with Gasteiger partial charge in [0.25, 0.3) is 0 Å². The van der Waals surface area contributed by atoms with Crippen LogP contribution < -0.4 is 0 Å². The summed E-state index contributed by atoms with van der Waals surface area (Å²) < 4.78 is 4.59. The van der Waals surface area contributed by atoms with Gasteiger partial charge >= 0.3 is 0 Å². The van der Waals surface area contributed by atoms with Crippen LogP contribution in [0.4, 0.5) is 0 Å². The van der Waals surface area contributed by atoms with Crippen LogP contribution in [0.25, 0.3) is 0 Å². The van der Waals surface area contributed by atoms with Crippen LogP contribution in [0.5, 0.6) is 0 Å². The molecule has 2 rings (SSSR count). The molecule has 2 aromatic heterocycles. The first kappa shape index (κ1) is 81.0. The van der Waals surface area contributed by atoms with E-state index in [1.54, 1.807) is 32.4 Å². The summed E-state index contributed by atoms with van der Waals surface area (Å²) in [6, 6.07) is 0. The molecule has 0 spiro atoms. The molecule has 2 aromatic rings. The third-order valence-electron chi connectivity index (χ3n) is 10.5. The number of aryl methyl sites for hydroxylation is 2. The molecule has 0 aliphatic rings. The second-order valence-electron chi connectivity index (χ2n) is 24.0. The molecule has 0 bridgehead atoms. The largest absolute Gasteiger partial charge is 0.325 e. The van der Waals surface area contributed by atoms with E-state index in [0.717, 1.165) is 74.5 Å². The van der Waals surface area contributed by atoms with E-state index < -0.39 is 0 Å². The number of tetrazole rings is 1. The molecular formula is C59H122N6S10. The van der Waals surface area contributed by atoms with Crippen LogP contribution in [0.15, 0.2) is 22.7 Å². The highest BCUT2D eigenvalue weighted by Crippen LogP contribution is 2.41. The summed E-state index contributed by atoms with van der Waals surface area (Å²) in [5.41, 5.74) is 0. The number of hydrogen-bond acceptors (Lipinski definition) is 14. The SMILES string of the molecule is CC(C)CCCCCC(C)(C)SSC(C)C.CC(C)CCCCCC(C)SSC(C)C.CC(C)CCCCCCSSC(C)C.CC(C)CCn1ccnc1SSC(C)C.CC(C)CCn1nnnc1SSC(C)C. The van der Waals surface area contributed by atoms with Crippen LogP contribution in [-0.4, -0.2) is 71.8 Å². The Morgan fingerprint density at radius 2 is 0.880 bits per heavy atom. The third kappa shape index (κ3) is 63.2. The van der Waals surface area contributed by atoms with Gasteiger partial charge in [-0.25, -0.2) is 9.67 Å². The van der Waals surface area contributed by atoms with Crippen molar-refractivity contribution in [2.24, 2.45) is 29.6 Å². The molecule has 6 nitrogen and oxygen atoms in total. The Morgan fingerprint density at radius 1 is 0.440 bits per heavy atom. The lowest BCUT2D eigenvalue weighted by atomic mass is 10.0. The van der Waals surface area contributed by atoms with Crippen LogP contribution in [0, 0.1) is 29.6 Å². The van der Waals surface area contributed by atoms with Gasteiger partial charge in [0, 0.05) is 67.5 Å². The maximum atomic E-state index is 4.37. The van der Waals surface area contributed by atoms with Crippen molar-refractivity contribution in [2.75, 3.05) is 5.75 Å². The van der Waals surface area contributed by atoms with Crippen molar-refractivity contribution in [1.82, 2.24) is 29.8 Å². The Kier molecular flexibility index (Phi) is 58.1. The molecule has 448 valence electrons. The molecule has 0 aliphatic carbocycles. The lowest BCUT2D eigenvalue weighted by Gasteiger charge is -2.24. The Balaban J connectivity index is -0.000000864. The normalized spacial score (nSPS) is 12.3. The minimum Gasteiger partial charge on any atom is -0.325 e. The second kappa shape index (κ2) is 53.8. The summed E-state index contributed by atoms with van der Waals surface area (Å²) in [6.45, 7) is 54.3. The molecule has 0 saturated heterocycles. The maximum absolute atomic E-state index is 4.37. The predicted molar refractivity (Wildman–Crippen MR) is 369 cm³/mol. The maximum Gasteiger partial charge on any atom is 0.219 e. The molecule has 0 amide bonds. The van der Waals surface area contributed by atoms with Gasteiger partial charge in [0.1, 0.15) is 0 Å². The highest BCUT2D eigenvalue weighted by molar-refractivity contribution is 8.78. The van der Waals surface area contributed by atoms with Crippen molar-refractivity contribution in [3.05, 3.63) is 12.4 Å². The summed E-state index contributed by atoms with van der Waals surface area (Å²) in [5, 5.41) is 18.1. The minimum absolute atomic E-state index is 0.451. The highest BCUT2D eigenvalue weighted by Gasteiger charge is 2.19. The quantitative estimate of drug-likeness (QED) is 0.0472. The van der Waals surface area contributed by atoms with Gasteiger partial charge in [0.2, 0.25) is 5.16 Å². The summed E-state index contributed by atoms with van der Waals surface area (Å²) >= 11 is 0. The highest BCUT2D eigenvalue weighted by atomic mass is 33.1. The molecule has 75 heavy (non-hydrogen) atoms. The zero-order valence-corrected chi connectivity index (χ0v) is 61.1. The smallest absolute Gasteiger partial charge is 0.219 e. The first-order valence-electron chi connectivity index (χ1n) is 29.6. The topological polar surface area (TPSA) is 61.4 Å². The molecule has 0 fully saturated rings. The zero-order valence-electron chi connectivity index (χ0n) is 52.9. The Bertz CT molecular complexity index is 1340. The van der Waals surface area contributed by atoms with Crippen molar-refractivity contribution in [3.8, 4) is 0 Å². The van der Waals surface area contributed by atoms with Crippen LogP contribution >= 0.6 is 108 Å². The van der Waals surface area contributed by atoms with Crippen molar-refractivity contribution in [3.63, 3.8) is 0 Å².